The number of piperazine rings is 1. The fraction of sp³-hybridized carbons (Fsp3) is 0.300. The lowest BCUT2D eigenvalue weighted by molar-refractivity contribution is -0.130. The summed E-state index contributed by atoms with van der Waals surface area (Å²) in [4.78, 5) is 24.9. The van der Waals surface area contributed by atoms with Gasteiger partial charge in [-0.15, -0.1) is 0 Å². The van der Waals surface area contributed by atoms with Crippen molar-refractivity contribution in [2.24, 2.45) is 0 Å². The average molecular weight is 398 g/mol. The second kappa shape index (κ2) is 7.94. The minimum atomic E-state index is -0.695. The van der Waals surface area contributed by atoms with Gasteiger partial charge >= 0.3 is 0 Å². The number of nitrogens with zero attached hydrogens (tertiary/aromatic N) is 6. The molecule has 0 radical (unpaired) electrons. The first-order valence-corrected chi connectivity index (χ1v) is 9.31. The molecule has 29 heavy (non-hydrogen) atoms. The van der Waals surface area contributed by atoms with Gasteiger partial charge in [-0.05, 0) is 24.6 Å². The van der Waals surface area contributed by atoms with Crippen molar-refractivity contribution >= 4 is 11.7 Å². The lowest BCUT2D eigenvalue weighted by atomic mass is 10.1. The molecule has 0 saturated carbocycles. The molecule has 150 valence electrons. The molecule has 0 spiro atoms. The van der Waals surface area contributed by atoms with Crippen LogP contribution < -0.4 is 4.90 Å². The molecule has 1 fully saturated rings. The van der Waals surface area contributed by atoms with Crippen LogP contribution in [0.5, 0.6) is 0 Å². The van der Waals surface area contributed by atoms with Crippen molar-refractivity contribution in [3.05, 3.63) is 65.7 Å². The Morgan fingerprint density at radius 1 is 1.03 bits per heavy atom. The first-order chi connectivity index (χ1) is 14.0. The SMILES string of the molecule is Cc1ccn(-c2cc(N3CCN(C(=O)Cc4ccc(F)cc4F)CC3)ncn2)n1. The van der Waals surface area contributed by atoms with E-state index in [1.807, 2.05) is 25.3 Å². The lowest BCUT2D eigenvalue weighted by Gasteiger charge is -2.35. The van der Waals surface area contributed by atoms with Crippen LogP contribution in [0.15, 0.2) is 42.9 Å². The summed E-state index contributed by atoms with van der Waals surface area (Å²) in [5, 5.41) is 4.36. The van der Waals surface area contributed by atoms with Crippen LogP contribution in [0.25, 0.3) is 5.82 Å². The minimum Gasteiger partial charge on any atom is -0.353 e. The molecule has 0 atom stereocenters. The zero-order valence-electron chi connectivity index (χ0n) is 15.9. The van der Waals surface area contributed by atoms with Gasteiger partial charge in [-0.3, -0.25) is 4.79 Å². The van der Waals surface area contributed by atoms with E-state index in [4.69, 9.17) is 0 Å². The summed E-state index contributed by atoms with van der Waals surface area (Å²) in [7, 11) is 0. The van der Waals surface area contributed by atoms with Crippen molar-refractivity contribution in [2.45, 2.75) is 13.3 Å². The molecule has 0 N–H and O–H groups in total. The number of halogens is 2. The van der Waals surface area contributed by atoms with Crippen molar-refractivity contribution in [1.29, 1.82) is 0 Å². The predicted octanol–water partition coefficient (Wildman–Crippen LogP) is 2.14. The number of anilines is 1. The van der Waals surface area contributed by atoms with Crippen LogP contribution in [0.1, 0.15) is 11.3 Å². The quantitative estimate of drug-likeness (QED) is 0.674. The van der Waals surface area contributed by atoms with Gasteiger partial charge in [0.15, 0.2) is 5.82 Å². The summed E-state index contributed by atoms with van der Waals surface area (Å²) in [6, 6.07) is 7.04. The number of carbonyl (C=O) groups is 1. The van der Waals surface area contributed by atoms with Crippen molar-refractivity contribution < 1.29 is 13.6 Å². The van der Waals surface area contributed by atoms with Gasteiger partial charge in [-0.2, -0.15) is 5.10 Å². The Bertz CT molecular complexity index is 1030. The normalized spacial score (nSPS) is 14.3. The molecule has 1 amide bonds. The van der Waals surface area contributed by atoms with Crippen molar-refractivity contribution in [3.63, 3.8) is 0 Å². The van der Waals surface area contributed by atoms with E-state index in [0.29, 0.717) is 32.0 Å². The van der Waals surface area contributed by atoms with Gasteiger partial charge in [0.05, 0.1) is 12.1 Å². The summed E-state index contributed by atoms with van der Waals surface area (Å²) in [5.74, 6) is -0.0834. The maximum Gasteiger partial charge on any atom is 0.227 e. The Morgan fingerprint density at radius 2 is 1.79 bits per heavy atom. The van der Waals surface area contributed by atoms with Crippen LogP contribution in [0.4, 0.5) is 14.6 Å². The predicted molar refractivity (Wildman–Crippen MR) is 103 cm³/mol. The van der Waals surface area contributed by atoms with E-state index in [-0.39, 0.29) is 17.9 Å². The molecular formula is C20H20F2N6O. The zero-order valence-corrected chi connectivity index (χ0v) is 15.9. The number of carbonyl (C=O) groups excluding carboxylic acids is 1. The maximum absolute atomic E-state index is 13.8. The van der Waals surface area contributed by atoms with Crippen molar-refractivity contribution in [1.82, 2.24) is 24.6 Å². The van der Waals surface area contributed by atoms with E-state index in [0.717, 1.165) is 23.6 Å². The van der Waals surface area contributed by atoms with Gasteiger partial charge in [0.2, 0.25) is 5.91 Å². The third kappa shape index (κ3) is 4.23. The molecule has 7 nitrogen and oxygen atoms in total. The Labute approximate surface area is 166 Å². The molecule has 1 aliphatic rings. The molecule has 3 aromatic rings. The van der Waals surface area contributed by atoms with Crippen molar-refractivity contribution in [2.75, 3.05) is 31.1 Å². The number of aryl methyl sites for hydroxylation is 1. The molecule has 1 aliphatic heterocycles. The molecule has 3 heterocycles. The number of aromatic nitrogens is 4. The molecule has 1 aromatic carbocycles. The van der Waals surface area contributed by atoms with E-state index in [2.05, 4.69) is 20.0 Å². The third-order valence-electron chi connectivity index (χ3n) is 4.91. The largest absolute Gasteiger partial charge is 0.353 e. The van der Waals surface area contributed by atoms with Gasteiger partial charge in [0.25, 0.3) is 0 Å². The summed E-state index contributed by atoms with van der Waals surface area (Å²) >= 11 is 0. The lowest BCUT2D eigenvalue weighted by Crippen LogP contribution is -2.49. The monoisotopic (exact) mass is 398 g/mol. The minimum absolute atomic E-state index is 0.0809. The molecule has 0 aliphatic carbocycles. The van der Waals surface area contributed by atoms with Crippen LogP contribution in [0.2, 0.25) is 0 Å². The first kappa shape index (κ1) is 19.0. The molecule has 0 unspecified atom stereocenters. The molecule has 4 rings (SSSR count). The zero-order chi connectivity index (χ0) is 20.4. The van der Waals surface area contributed by atoms with Gasteiger partial charge in [-0.1, -0.05) is 6.07 Å². The average Bonchev–Trinajstić information content (AvgIpc) is 3.17. The van der Waals surface area contributed by atoms with Gasteiger partial charge < -0.3 is 9.80 Å². The highest BCUT2D eigenvalue weighted by Crippen LogP contribution is 2.17. The number of benzene rings is 1. The third-order valence-corrected chi connectivity index (χ3v) is 4.91. The molecule has 2 aromatic heterocycles. The number of hydrogen-bond acceptors (Lipinski definition) is 5. The smallest absolute Gasteiger partial charge is 0.227 e. The summed E-state index contributed by atoms with van der Waals surface area (Å²) in [5.41, 5.74) is 1.10. The highest BCUT2D eigenvalue weighted by atomic mass is 19.1. The molecule has 0 bridgehead atoms. The Morgan fingerprint density at radius 3 is 2.48 bits per heavy atom. The first-order valence-electron chi connectivity index (χ1n) is 9.31. The highest BCUT2D eigenvalue weighted by Gasteiger charge is 2.23. The van der Waals surface area contributed by atoms with Crippen molar-refractivity contribution in [3.8, 4) is 5.82 Å². The number of rotatable bonds is 4. The number of hydrogen-bond donors (Lipinski definition) is 0. The second-order valence-corrected chi connectivity index (χ2v) is 6.92. The van der Waals surface area contributed by atoms with Gasteiger partial charge in [0.1, 0.15) is 23.8 Å². The van der Waals surface area contributed by atoms with Crippen LogP contribution in [0, 0.1) is 18.6 Å². The Kier molecular flexibility index (Phi) is 5.20. The molecule has 1 saturated heterocycles. The van der Waals surface area contributed by atoms with E-state index in [9.17, 15) is 13.6 Å². The van der Waals surface area contributed by atoms with Crippen LogP contribution >= 0.6 is 0 Å². The van der Waals surface area contributed by atoms with Gasteiger partial charge in [-0.25, -0.2) is 23.4 Å². The summed E-state index contributed by atoms with van der Waals surface area (Å²) in [6.45, 7) is 4.12. The van der Waals surface area contributed by atoms with E-state index >= 15 is 0 Å². The topological polar surface area (TPSA) is 67.2 Å². The standard InChI is InChI=1S/C20H20F2N6O/c1-14-4-5-28(25-14)19-12-18(23-13-24-19)26-6-8-27(9-7-26)20(29)10-15-2-3-16(21)11-17(15)22/h2-5,11-13H,6-10H2,1H3. The fourth-order valence-electron chi connectivity index (χ4n) is 3.30. The summed E-state index contributed by atoms with van der Waals surface area (Å²) < 4.78 is 28.5. The molecular weight excluding hydrogens is 378 g/mol. The maximum atomic E-state index is 13.8. The van der Waals surface area contributed by atoms with E-state index in [1.54, 1.807) is 9.58 Å². The van der Waals surface area contributed by atoms with Crippen LogP contribution in [-0.2, 0) is 11.2 Å². The second-order valence-electron chi connectivity index (χ2n) is 6.92. The fourth-order valence-corrected chi connectivity index (χ4v) is 3.30. The van der Waals surface area contributed by atoms with Crippen LogP contribution in [0.3, 0.4) is 0 Å². The molecule has 9 heteroatoms. The number of amides is 1. The van der Waals surface area contributed by atoms with E-state index < -0.39 is 11.6 Å². The van der Waals surface area contributed by atoms with E-state index in [1.165, 1.54) is 12.4 Å². The van der Waals surface area contributed by atoms with Gasteiger partial charge in [0, 0.05) is 44.5 Å². The highest BCUT2D eigenvalue weighted by molar-refractivity contribution is 5.79. The van der Waals surface area contributed by atoms with Crippen LogP contribution in [-0.4, -0.2) is 56.7 Å². The summed E-state index contributed by atoms with van der Waals surface area (Å²) in [6.07, 6.45) is 3.26. The Hall–Kier alpha value is -3.36. The Balaban J connectivity index is 1.38.